The molecule has 0 saturated heterocycles. The van der Waals surface area contributed by atoms with Gasteiger partial charge in [-0.15, -0.1) is 0 Å². The molecule has 8 nitrogen and oxygen atoms in total. The molecule has 2 unspecified atom stereocenters. The van der Waals surface area contributed by atoms with E-state index >= 15 is 0 Å². The molecule has 0 aliphatic carbocycles. The van der Waals surface area contributed by atoms with E-state index in [2.05, 4.69) is 26.0 Å². The fourth-order valence-electron chi connectivity index (χ4n) is 8.62. The Balaban J connectivity index is 4.16. The summed E-state index contributed by atoms with van der Waals surface area (Å²) >= 11 is 0. The molecule has 0 aromatic heterocycles. The Hall–Kier alpha value is -1.93. The molecule has 0 amide bonds. The molecule has 8 heteroatoms. The second kappa shape index (κ2) is 47.6. The molecule has 378 valence electrons. The van der Waals surface area contributed by atoms with Crippen molar-refractivity contribution in [2.24, 2.45) is 0 Å². The van der Waals surface area contributed by atoms with Crippen molar-refractivity contribution in [3.63, 3.8) is 0 Å². The zero-order valence-electron chi connectivity index (χ0n) is 43.3. The number of carbonyl (C=O) groups is 3. The van der Waals surface area contributed by atoms with Gasteiger partial charge in [-0.25, -0.2) is 4.79 Å². The van der Waals surface area contributed by atoms with Gasteiger partial charge in [-0.3, -0.25) is 9.59 Å². The first-order valence-corrected chi connectivity index (χ1v) is 27.7. The van der Waals surface area contributed by atoms with Crippen molar-refractivity contribution in [1.29, 1.82) is 0 Å². The molecule has 0 bridgehead atoms. The number of hydrogen-bond donors (Lipinski definition) is 1. The number of carboxylic acid groups (broad SMARTS) is 1. The third-order valence-electron chi connectivity index (χ3n) is 12.9. The Morgan fingerprint density at radius 1 is 0.453 bits per heavy atom. The first-order chi connectivity index (χ1) is 31.1. The molecule has 0 radical (unpaired) electrons. The summed E-state index contributed by atoms with van der Waals surface area (Å²) in [4.78, 5) is 37.2. The highest BCUT2D eigenvalue weighted by Crippen LogP contribution is 2.17. The Morgan fingerprint density at radius 2 is 0.781 bits per heavy atom. The van der Waals surface area contributed by atoms with E-state index in [9.17, 15) is 19.5 Å². The van der Waals surface area contributed by atoms with Gasteiger partial charge >= 0.3 is 17.9 Å². The predicted molar refractivity (Wildman–Crippen MR) is 271 cm³/mol. The van der Waals surface area contributed by atoms with Gasteiger partial charge in [0.15, 0.2) is 12.1 Å². The van der Waals surface area contributed by atoms with Crippen LogP contribution in [0.15, 0.2) is 12.2 Å². The Bertz CT molecular complexity index is 1060. The van der Waals surface area contributed by atoms with E-state index in [-0.39, 0.29) is 36.2 Å². The van der Waals surface area contributed by atoms with Gasteiger partial charge in [0.2, 0.25) is 0 Å². The van der Waals surface area contributed by atoms with Crippen LogP contribution in [0.5, 0.6) is 0 Å². The van der Waals surface area contributed by atoms with Gasteiger partial charge in [-0.05, 0) is 38.5 Å². The number of carbonyl (C=O) groups excluding carboxylic acids is 2. The number of rotatable bonds is 51. The van der Waals surface area contributed by atoms with Crippen LogP contribution < -0.4 is 0 Å². The van der Waals surface area contributed by atoms with E-state index in [0.29, 0.717) is 19.3 Å². The maximum atomic E-state index is 12.8. The highest BCUT2D eigenvalue weighted by molar-refractivity contribution is 5.72. The molecule has 0 aliphatic heterocycles. The molecule has 0 aromatic carbocycles. The van der Waals surface area contributed by atoms with E-state index in [0.717, 1.165) is 38.5 Å². The lowest BCUT2D eigenvalue weighted by atomic mass is 10.0. The number of aliphatic carboxylic acids is 1. The van der Waals surface area contributed by atoms with Crippen molar-refractivity contribution < 1.29 is 38.2 Å². The van der Waals surface area contributed by atoms with Crippen molar-refractivity contribution in [1.82, 2.24) is 0 Å². The molecular formula is C56H108NO7+. The third kappa shape index (κ3) is 45.2. The lowest BCUT2D eigenvalue weighted by Crippen LogP contribution is -2.50. The molecule has 0 fully saturated rings. The average Bonchev–Trinajstić information content (AvgIpc) is 3.26. The standard InChI is InChI=1S/C56H107NO7/c1-6-8-10-12-14-16-18-20-22-24-26-27-29-30-32-34-36-38-40-42-44-46-54(58)63-51-52(50-62-49-48-53(56(60)61)57(3,4)5)64-55(59)47-45-43-41-39-37-35-33-31-28-25-23-21-19-17-15-13-11-9-7-2/h25,28,52-53H,6-24,26-27,29-51H2,1-5H3/p+1/b28-25+. The van der Waals surface area contributed by atoms with E-state index in [1.54, 1.807) is 0 Å². The number of nitrogens with zero attached hydrogens (tertiary/aromatic N) is 1. The van der Waals surface area contributed by atoms with Crippen LogP contribution in [0.3, 0.4) is 0 Å². The zero-order valence-corrected chi connectivity index (χ0v) is 43.3. The minimum atomic E-state index is -0.870. The summed E-state index contributed by atoms with van der Waals surface area (Å²) < 4.78 is 17.4. The zero-order chi connectivity index (χ0) is 47.0. The highest BCUT2D eigenvalue weighted by atomic mass is 16.6. The van der Waals surface area contributed by atoms with Gasteiger partial charge in [0.05, 0.1) is 34.4 Å². The van der Waals surface area contributed by atoms with Crippen LogP contribution >= 0.6 is 0 Å². The summed E-state index contributed by atoms with van der Waals surface area (Å²) in [5, 5.41) is 9.67. The second-order valence-electron chi connectivity index (χ2n) is 20.2. The topological polar surface area (TPSA) is 99.1 Å². The van der Waals surface area contributed by atoms with Crippen molar-refractivity contribution in [3.8, 4) is 0 Å². The quantitative estimate of drug-likeness (QED) is 0.0281. The fourth-order valence-corrected chi connectivity index (χ4v) is 8.62. The molecule has 64 heavy (non-hydrogen) atoms. The van der Waals surface area contributed by atoms with E-state index in [4.69, 9.17) is 14.2 Å². The number of unbranched alkanes of at least 4 members (excludes halogenated alkanes) is 35. The number of esters is 2. The fraction of sp³-hybridized carbons (Fsp3) is 0.911. The number of quaternary nitrogens is 1. The van der Waals surface area contributed by atoms with Crippen LogP contribution in [0.25, 0.3) is 0 Å². The van der Waals surface area contributed by atoms with Crippen LogP contribution in [-0.2, 0) is 28.6 Å². The van der Waals surface area contributed by atoms with Gasteiger partial charge in [-0.2, -0.15) is 0 Å². The van der Waals surface area contributed by atoms with Crippen molar-refractivity contribution in [3.05, 3.63) is 12.2 Å². The number of ether oxygens (including phenoxy) is 3. The minimum Gasteiger partial charge on any atom is -0.477 e. The summed E-state index contributed by atoms with van der Waals surface area (Å²) in [6.45, 7) is 4.79. The van der Waals surface area contributed by atoms with Crippen molar-refractivity contribution >= 4 is 17.9 Å². The molecular weight excluding hydrogens is 799 g/mol. The molecule has 0 aromatic rings. The second-order valence-corrected chi connectivity index (χ2v) is 20.2. The Labute approximate surface area is 397 Å². The normalized spacial score (nSPS) is 12.8. The Kier molecular flexibility index (Phi) is 46.1. The van der Waals surface area contributed by atoms with E-state index < -0.39 is 18.1 Å². The van der Waals surface area contributed by atoms with E-state index in [1.807, 2.05) is 21.1 Å². The van der Waals surface area contributed by atoms with Gasteiger partial charge in [-0.1, -0.05) is 231 Å². The summed E-state index contributed by atoms with van der Waals surface area (Å²) in [7, 11) is 5.55. The van der Waals surface area contributed by atoms with Crippen LogP contribution in [0, 0.1) is 0 Å². The maximum absolute atomic E-state index is 12.8. The summed E-state index contributed by atoms with van der Waals surface area (Å²) in [5.41, 5.74) is 0. The number of allylic oxidation sites excluding steroid dienone is 2. The van der Waals surface area contributed by atoms with Crippen LogP contribution in [0.2, 0.25) is 0 Å². The summed E-state index contributed by atoms with van der Waals surface area (Å²) in [6.07, 6.45) is 54.1. The summed E-state index contributed by atoms with van der Waals surface area (Å²) in [5.74, 6) is -1.45. The van der Waals surface area contributed by atoms with Gasteiger partial charge < -0.3 is 23.8 Å². The average molecular weight is 907 g/mol. The van der Waals surface area contributed by atoms with Gasteiger partial charge in [0.25, 0.3) is 0 Å². The molecule has 0 spiro atoms. The largest absolute Gasteiger partial charge is 0.477 e. The van der Waals surface area contributed by atoms with Crippen molar-refractivity contribution in [2.45, 2.75) is 289 Å². The van der Waals surface area contributed by atoms with Gasteiger partial charge in [0, 0.05) is 19.3 Å². The number of likely N-dealkylation sites (N-methyl/N-ethyl adjacent to an activating group) is 1. The lowest BCUT2D eigenvalue weighted by molar-refractivity contribution is -0.887. The van der Waals surface area contributed by atoms with Crippen LogP contribution in [-0.4, -0.2) is 80.6 Å². The van der Waals surface area contributed by atoms with Crippen LogP contribution in [0.4, 0.5) is 0 Å². The first kappa shape index (κ1) is 62.1. The lowest BCUT2D eigenvalue weighted by Gasteiger charge is -2.31. The maximum Gasteiger partial charge on any atom is 0.362 e. The number of hydrogen-bond acceptors (Lipinski definition) is 6. The minimum absolute atomic E-state index is 0.0457. The monoisotopic (exact) mass is 907 g/mol. The van der Waals surface area contributed by atoms with E-state index in [1.165, 1.54) is 205 Å². The molecule has 0 heterocycles. The predicted octanol–water partition coefficient (Wildman–Crippen LogP) is 16.2. The smallest absolute Gasteiger partial charge is 0.362 e. The SMILES string of the molecule is CCCCCCCCCC/C=C/CCCCCCCCCC(=O)OC(COCCC(C(=O)O)[N+](C)(C)C)COC(=O)CCCCCCCCCCCCCCCCCCCCCCC. The van der Waals surface area contributed by atoms with Gasteiger partial charge in [0.1, 0.15) is 6.61 Å². The first-order valence-electron chi connectivity index (χ1n) is 27.7. The molecule has 0 saturated carbocycles. The highest BCUT2D eigenvalue weighted by Gasteiger charge is 2.31. The Morgan fingerprint density at radius 3 is 1.12 bits per heavy atom. The third-order valence-corrected chi connectivity index (χ3v) is 12.9. The molecule has 0 rings (SSSR count). The molecule has 1 N–H and O–H groups in total. The van der Waals surface area contributed by atoms with Crippen molar-refractivity contribution in [2.75, 3.05) is 41.0 Å². The van der Waals surface area contributed by atoms with Crippen LogP contribution in [0.1, 0.15) is 277 Å². The molecule has 0 aliphatic rings. The number of carboxylic acids is 1. The summed E-state index contributed by atoms with van der Waals surface area (Å²) in [6, 6.07) is -0.612. The molecule has 2 atom stereocenters.